The van der Waals surface area contributed by atoms with Crippen molar-refractivity contribution in [2.75, 3.05) is 13.3 Å². The van der Waals surface area contributed by atoms with Gasteiger partial charge in [-0.2, -0.15) is 4.31 Å². The molecule has 2 aromatic rings. The molecule has 0 amide bonds. The molecule has 0 radical (unpaired) electrons. The monoisotopic (exact) mass is 347 g/mol. The normalized spacial score (nSPS) is 23.5. The van der Waals surface area contributed by atoms with E-state index >= 15 is 0 Å². The van der Waals surface area contributed by atoms with Crippen molar-refractivity contribution in [3.05, 3.63) is 54.1 Å². The highest BCUT2D eigenvalue weighted by Gasteiger charge is 2.39. The number of fused-ring (bicyclic) bond motifs is 1. The molecule has 4 rings (SSSR count). The van der Waals surface area contributed by atoms with Crippen LogP contribution in [0.2, 0.25) is 0 Å². The summed E-state index contributed by atoms with van der Waals surface area (Å²) < 4.78 is 43.7. The van der Waals surface area contributed by atoms with Crippen LogP contribution in [0.4, 0.5) is 0 Å². The minimum atomic E-state index is -3.68. The molecule has 126 valence electrons. The highest BCUT2D eigenvalue weighted by Crippen LogP contribution is 2.37. The molecule has 0 aliphatic carbocycles. The predicted molar refractivity (Wildman–Crippen MR) is 86.2 cm³/mol. The molecular weight excluding hydrogens is 330 g/mol. The van der Waals surface area contributed by atoms with Crippen LogP contribution in [0.5, 0.6) is 11.5 Å². The average Bonchev–Trinajstić information content (AvgIpc) is 3.21. The third kappa shape index (κ3) is 2.54. The van der Waals surface area contributed by atoms with Gasteiger partial charge < -0.3 is 14.2 Å². The number of benzene rings is 2. The summed E-state index contributed by atoms with van der Waals surface area (Å²) in [5.74, 6) is 1.00. The van der Waals surface area contributed by atoms with Gasteiger partial charge in [0.2, 0.25) is 16.8 Å². The maximum atomic E-state index is 13.0. The SMILES string of the molecule is CC1OC(c2ccccc2)CN1S(=O)(=O)c1ccc2c(c1)OCO2. The van der Waals surface area contributed by atoms with Gasteiger partial charge in [0.1, 0.15) is 6.23 Å². The van der Waals surface area contributed by atoms with Gasteiger partial charge in [-0.05, 0) is 24.6 Å². The van der Waals surface area contributed by atoms with E-state index in [9.17, 15) is 8.42 Å². The Morgan fingerprint density at radius 3 is 2.58 bits per heavy atom. The van der Waals surface area contributed by atoms with Crippen molar-refractivity contribution < 1.29 is 22.6 Å². The minimum Gasteiger partial charge on any atom is -0.454 e. The second kappa shape index (κ2) is 5.77. The first-order valence-corrected chi connectivity index (χ1v) is 9.11. The van der Waals surface area contributed by atoms with Crippen molar-refractivity contribution in [1.82, 2.24) is 4.31 Å². The summed E-state index contributed by atoms with van der Waals surface area (Å²) in [6.45, 7) is 2.13. The molecule has 2 aliphatic rings. The lowest BCUT2D eigenvalue weighted by atomic mass is 10.1. The van der Waals surface area contributed by atoms with E-state index in [1.54, 1.807) is 13.0 Å². The number of nitrogens with zero attached hydrogens (tertiary/aromatic N) is 1. The van der Waals surface area contributed by atoms with Crippen LogP contribution in [0.15, 0.2) is 53.4 Å². The van der Waals surface area contributed by atoms with Crippen LogP contribution in [0.1, 0.15) is 18.6 Å². The van der Waals surface area contributed by atoms with E-state index in [2.05, 4.69) is 0 Å². The van der Waals surface area contributed by atoms with Crippen molar-refractivity contribution >= 4 is 10.0 Å². The number of ether oxygens (including phenoxy) is 3. The van der Waals surface area contributed by atoms with Gasteiger partial charge in [-0.25, -0.2) is 8.42 Å². The van der Waals surface area contributed by atoms with Crippen LogP contribution in [-0.4, -0.2) is 32.3 Å². The smallest absolute Gasteiger partial charge is 0.245 e. The second-order valence-electron chi connectivity index (χ2n) is 5.72. The molecule has 0 saturated carbocycles. The van der Waals surface area contributed by atoms with Gasteiger partial charge in [0.05, 0.1) is 11.0 Å². The number of sulfonamides is 1. The Bertz CT molecular complexity index is 853. The Labute approximate surface area is 140 Å². The van der Waals surface area contributed by atoms with Crippen molar-refractivity contribution in [1.29, 1.82) is 0 Å². The molecule has 24 heavy (non-hydrogen) atoms. The van der Waals surface area contributed by atoms with Crippen LogP contribution in [-0.2, 0) is 14.8 Å². The summed E-state index contributed by atoms with van der Waals surface area (Å²) in [7, 11) is -3.68. The predicted octanol–water partition coefficient (Wildman–Crippen LogP) is 2.52. The Hall–Kier alpha value is -2.09. The van der Waals surface area contributed by atoms with Gasteiger partial charge in [0.25, 0.3) is 0 Å². The zero-order valence-corrected chi connectivity index (χ0v) is 13.9. The molecule has 1 saturated heterocycles. The van der Waals surface area contributed by atoms with Gasteiger partial charge in [0.15, 0.2) is 11.5 Å². The number of rotatable bonds is 3. The fourth-order valence-electron chi connectivity index (χ4n) is 2.98. The summed E-state index contributed by atoms with van der Waals surface area (Å²) in [5, 5.41) is 0. The lowest BCUT2D eigenvalue weighted by Crippen LogP contribution is -2.34. The fraction of sp³-hybridized carbons (Fsp3) is 0.294. The van der Waals surface area contributed by atoms with Gasteiger partial charge >= 0.3 is 0 Å². The van der Waals surface area contributed by atoms with Gasteiger partial charge in [-0.1, -0.05) is 30.3 Å². The number of hydrogen-bond donors (Lipinski definition) is 0. The van der Waals surface area contributed by atoms with E-state index in [4.69, 9.17) is 14.2 Å². The molecule has 0 spiro atoms. The molecule has 0 bridgehead atoms. The summed E-state index contributed by atoms with van der Waals surface area (Å²) in [4.78, 5) is 0.177. The first-order chi connectivity index (χ1) is 11.6. The first-order valence-electron chi connectivity index (χ1n) is 7.67. The van der Waals surface area contributed by atoms with Crippen molar-refractivity contribution in [3.8, 4) is 11.5 Å². The second-order valence-corrected chi connectivity index (χ2v) is 7.62. The van der Waals surface area contributed by atoms with Crippen molar-refractivity contribution in [2.24, 2.45) is 0 Å². The third-order valence-corrected chi connectivity index (χ3v) is 6.15. The highest BCUT2D eigenvalue weighted by atomic mass is 32.2. The Balaban J connectivity index is 1.63. The summed E-state index contributed by atoms with van der Waals surface area (Å²) >= 11 is 0. The van der Waals surface area contributed by atoms with Gasteiger partial charge in [0, 0.05) is 12.6 Å². The Morgan fingerprint density at radius 2 is 1.79 bits per heavy atom. The van der Waals surface area contributed by atoms with Gasteiger partial charge in [-0.3, -0.25) is 0 Å². The fourth-order valence-corrected chi connectivity index (χ4v) is 4.52. The molecule has 2 atom stereocenters. The molecular formula is C17H17NO5S. The molecule has 2 aliphatic heterocycles. The zero-order valence-electron chi connectivity index (χ0n) is 13.1. The van der Waals surface area contributed by atoms with E-state index in [0.717, 1.165) is 5.56 Å². The topological polar surface area (TPSA) is 65.1 Å². The van der Waals surface area contributed by atoms with E-state index in [1.165, 1.54) is 16.4 Å². The quantitative estimate of drug-likeness (QED) is 0.854. The van der Waals surface area contributed by atoms with Crippen LogP contribution in [0.25, 0.3) is 0 Å². The number of hydrogen-bond acceptors (Lipinski definition) is 5. The van der Waals surface area contributed by atoms with E-state index in [-0.39, 0.29) is 24.3 Å². The molecule has 2 heterocycles. The highest BCUT2D eigenvalue weighted by molar-refractivity contribution is 7.89. The van der Waals surface area contributed by atoms with Crippen molar-refractivity contribution in [3.63, 3.8) is 0 Å². The van der Waals surface area contributed by atoms with Crippen LogP contribution < -0.4 is 9.47 Å². The van der Waals surface area contributed by atoms with Crippen molar-refractivity contribution in [2.45, 2.75) is 24.2 Å². The van der Waals surface area contributed by atoms with Crippen LogP contribution in [0.3, 0.4) is 0 Å². The average molecular weight is 347 g/mol. The van der Waals surface area contributed by atoms with E-state index < -0.39 is 16.3 Å². The maximum absolute atomic E-state index is 13.0. The third-order valence-electron chi connectivity index (χ3n) is 4.23. The lowest BCUT2D eigenvalue weighted by Gasteiger charge is -2.19. The van der Waals surface area contributed by atoms with Crippen LogP contribution in [0, 0.1) is 0 Å². The molecule has 6 nitrogen and oxygen atoms in total. The molecule has 7 heteroatoms. The Kier molecular flexibility index (Phi) is 3.71. The lowest BCUT2D eigenvalue weighted by molar-refractivity contribution is 0.0344. The standard InChI is InChI=1S/C17H17NO5S/c1-12-18(10-17(23-12)13-5-3-2-4-6-13)24(19,20)14-7-8-15-16(9-14)22-11-21-15/h2-9,12,17H,10-11H2,1H3. The summed E-state index contributed by atoms with van der Waals surface area (Å²) in [6.07, 6.45) is -0.810. The minimum absolute atomic E-state index is 0.109. The molecule has 1 fully saturated rings. The largest absolute Gasteiger partial charge is 0.454 e. The van der Waals surface area contributed by atoms with E-state index in [0.29, 0.717) is 11.5 Å². The maximum Gasteiger partial charge on any atom is 0.245 e. The summed E-state index contributed by atoms with van der Waals surface area (Å²) in [6, 6.07) is 14.3. The molecule has 2 aromatic carbocycles. The van der Waals surface area contributed by atoms with E-state index in [1.807, 2.05) is 30.3 Å². The zero-order chi connectivity index (χ0) is 16.7. The van der Waals surface area contributed by atoms with Crippen LogP contribution >= 0.6 is 0 Å². The Morgan fingerprint density at radius 1 is 1.04 bits per heavy atom. The van der Waals surface area contributed by atoms with Gasteiger partial charge in [-0.15, -0.1) is 0 Å². The molecule has 2 unspecified atom stereocenters. The first kappa shape index (κ1) is 15.4. The summed E-state index contributed by atoms with van der Waals surface area (Å²) in [5.41, 5.74) is 0.965. The molecule has 0 N–H and O–H groups in total. The molecule has 0 aromatic heterocycles.